The van der Waals surface area contributed by atoms with E-state index >= 15 is 0 Å². The van der Waals surface area contributed by atoms with Crippen molar-refractivity contribution in [3.05, 3.63) is 53.6 Å². The van der Waals surface area contributed by atoms with Crippen molar-refractivity contribution in [2.75, 3.05) is 6.26 Å². The maximum atomic E-state index is 11.1. The number of thioether (sulfide) groups is 1. The van der Waals surface area contributed by atoms with Gasteiger partial charge in [-0.15, -0.1) is 11.8 Å². The highest BCUT2D eigenvalue weighted by Crippen LogP contribution is 2.31. The summed E-state index contributed by atoms with van der Waals surface area (Å²) in [6.07, 6.45) is 2.98. The molecule has 0 heterocycles. The number of benzene rings is 2. The Balaban J connectivity index is 2.24. The molecule has 18 heavy (non-hydrogen) atoms. The van der Waals surface area contributed by atoms with E-state index in [1.54, 1.807) is 23.5 Å². The molecular formula is C15H14OS2. The Hall–Kier alpha value is -1.19. The van der Waals surface area contributed by atoms with E-state index in [9.17, 15) is 4.79 Å². The van der Waals surface area contributed by atoms with Gasteiger partial charge in [0.1, 0.15) is 0 Å². The smallest absolute Gasteiger partial charge is 0.151 e. The molecule has 0 saturated heterocycles. The van der Waals surface area contributed by atoms with E-state index in [0.717, 1.165) is 27.2 Å². The van der Waals surface area contributed by atoms with Crippen molar-refractivity contribution in [2.24, 2.45) is 0 Å². The second kappa shape index (κ2) is 6.12. The molecule has 92 valence electrons. The van der Waals surface area contributed by atoms with Crippen LogP contribution in [0.15, 0.2) is 57.2 Å². The zero-order valence-corrected chi connectivity index (χ0v) is 12.0. The predicted molar refractivity (Wildman–Crippen MR) is 78.9 cm³/mol. The highest BCUT2D eigenvalue weighted by Gasteiger charge is 2.04. The summed E-state index contributed by atoms with van der Waals surface area (Å²) in [4.78, 5) is 14.5. The zero-order chi connectivity index (χ0) is 13.0. The second-order valence-electron chi connectivity index (χ2n) is 3.94. The van der Waals surface area contributed by atoms with Crippen LogP contribution >= 0.6 is 23.5 Å². The Morgan fingerprint density at radius 1 is 1.00 bits per heavy atom. The third kappa shape index (κ3) is 3.18. The lowest BCUT2D eigenvalue weighted by Gasteiger charge is -2.06. The van der Waals surface area contributed by atoms with Gasteiger partial charge in [0, 0.05) is 20.2 Å². The fourth-order valence-electron chi connectivity index (χ4n) is 1.62. The first kappa shape index (κ1) is 13.2. The van der Waals surface area contributed by atoms with Crippen LogP contribution in [0.2, 0.25) is 0 Å². The summed E-state index contributed by atoms with van der Waals surface area (Å²) in [5.74, 6) is 0. The molecule has 1 nitrogen and oxygen atoms in total. The lowest BCUT2D eigenvalue weighted by molar-refractivity contribution is 0.112. The first-order chi connectivity index (χ1) is 8.72. The second-order valence-corrected chi connectivity index (χ2v) is 5.93. The highest BCUT2D eigenvalue weighted by molar-refractivity contribution is 7.99. The normalized spacial score (nSPS) is 10.3. The van der Waals surface area contributed by atoms with Crippen molar-refractivity contribution in [2.45, 2.75) is 21.6 Å². The molecule has 0 saturated carbocycles. The molecule has 2 rings (SSSR count). The third-order valence-electron chi connectivity index (χ3n) is 2.58. The number of rotatable bonds is 4. The molecule has 0 aromatic heterocycles. The van der Waals surface area contributed by atoms with Crippen molar-refractivity contribution >= 4 is 29.8 Å². The maximum absolute atomic E-state index is 11.1. The van der Waals surface area contributed by atoms with Crippen LogP contribution in [0.25, 0.3) is 0 Å². The quantitative estimate of drug-likeness (QED) is 0.595. The summed E-state index contributed by atoms with van der Waals surface area (Å²) in [6.45, 7) is 1.99. The minimum atomic E-state index is 0.758. The molecule has 0 N–H and O–H groups in total. The van der Waals surface area contributed by atoms with Crippen LogP contribution in [-0.4, -0.2) is 12.5 Å². The summed E-state index contributed by atoms with van der Waals surface area (Å²) >= 11 is 3.35. The molecule has 0 bridgehead atoms. The van der Waals surface area contributed by atoms with Crippen molar-refractivity contribution in [3.8, 4) is 0 Å². The van der Waals surface area contributed by atoms with E-state index < -0.39 is 0 Å². The van der Waals surface area contributed by atoms with Gasteiger partial charge in [-0.05, 0) is 49.6 Å². The fraction of sp³-hybridized carbons (Fsp3) is 0.133. The Morgan fingerprint density at radius 2 is 1.67 bits per heavy atom. The molecule has 0 radical (unpaired) electrons. The van der Waals surface area contributed by atoms with Crippen LogP contribution in [0.4, 0.5) is 0 Å². The number of carbonyl (C=O) groups is 1. The molecule has 2 aromatic carbocycles. The van der Waals surface area contributed by atoms with Gasteiger partial charge >= 0.3 is 0 Å². The van der Waals surface area contributed by atoms with Gasteiger partial charge < -0.3 is 0 Å². The highest BCUT2D eigenvalue weighted by atomic mass is 32.2. The lowest BCUT2D eigenvalue weighted by atomic mass is 10.2. The first-order valence-corrected chi connectivity index (χ1v) is 7.65. The molecule has 0 amide bonds. The van der Waals surface area contributed by atoms with Crippen molar-refractivity contribution in [1.29, 1.82) is 0 Å². The predicted octanol–water partition coefficient (Wildman–Crippen LogP) is 4.68. The van der Waals surface area contributed by atoms with Gasteiger partial charge in [-0.3, -0.25) is 4.79 Å². The van der Waals surface area contributed by atoms with E-state index in [1.807, 2.05) is 25.1 Å². The van der Waals surface area contributed by atoms with Gasteiger partial charge in [-0.25, -0.2) is 0 Å². The average molecular weight is 274 g/mol. The van der Waals surface area contributed by atoms with Gasteiger partial charge in [0.05, 0.1) is 0 Å². The minimum Gasteiger partial charge on any atom is -0.298 e. The van der Waals surface area contributed by atoms with E-state index in [0.29, 0.717) is 0 Å². The largest absolute Gasteiger partial charge is 0.298 e. The van der Waals surface area contributed by atoms with Crippen LogP contribution < -0.4 is 0 Å². The molecule has 0 aliphatic carbocycles. The van der Waals surface area contributed by atoms with E-state index in [-0.39, 0.29) is 0 Å². The van der Waals surface area contributed by atoms with Crippen molar-refractivity contribution in [1.82, 2.24) is 0 Å². The number of hydrogen-bond donors (Lipinski definition) is 0. The van der Waals surface area contributed by atoms with Crippen LogP contribution in [0, 0.1) is 6.92 Å². The third-order valence-corrected chi connectivity index (χ3v) is 4.42. The molecule has 3 heteroatoms. The van der Waals surface area contributed by atoms with E-state index in [1.165, 1.54) is 4.90 Å². The zero-order valence-electron chi connectivity index (χ0n) is 10.3. The average Bonchev–Trinajstić information content (AvgIpc) is 2.41. The van der Waals surface area contributed by atoms with Gasteiger partial charge in [-0.1, -0.05) is 23.4 Å². The SMILES string of the molecule is CSc1ccc(Sc2ccc(C)cc2C=O)cc1. The number of hydrogen-bond acceptors (Lipinski definition) is 3. The molecule has 0 fully saturated rings. The minimum absolute atomic E-state index is 0.758. The fourth-order valence-corrected chi connectivity index (χ4v) is 2.92. The van der Waals surface area contributed by atoms with Crippen molar-refractivity contribution in [3.63, 3.8) is 0 Å². The number of aryl methyl sites for hydroxylation is 1. The molecule has 2 aromatic rings. The molecule has 0 aliphatic rings. The molecular weight excluding hydrogens is 260 g/mol. The molecule has 0 atom stereocenters. The van der Waals surface area contributed by atoms with E-state index in [4.69, 9.17) is 0 Å². The van der Waals surface area contributed by atoms with E-state index in [2.05, 4.69) is 30.5 Å². The van der Waals surface area contributed by atoms with Gasteiger partial charge in [-0.2, -0.15) is 0 Å². The Labute approximate surface area is 116 Å². The van der Waals surface area contributed by atoms with Crippen LogP contribution in [-0.2, 0) is 0 Å². The van der Waals surface area contributed by atoms with Gasteiger partial charge in [0.2, 0.25) is 0 Å². The summed E-state index contributed by atoms with van der Waals surface area (Å²) in [5.41, 5.74) is 1.87. The first-order valence-electron chi connectivity index (χ1n) is 5.60. The monoisotopic (exact) mass is 274 g/mol. The van der Waals surface area contributed by atoms with Crippen LogP contribution in [0.5, 0.6) is 0 Å². The summed E-state index contributed by atoms with van der Waals surface area (Å²) < 4.78 is 0. The summed E-state index contributed by atoms with van der Waals surface area (Å²) in [6, 6.07) is 14.3. The van der Waals surface area contributed by atoms with Gasteiger partial charge in [0.15, 0.2) is 6.29 Å². The van der Waals surface area contributed by atoms with Gasteiger partial charge in [0.25, 0.3) is 0 Å². The Morgan fingerprint density at radius 3 is 2.28 bits per heavy atom. The number of aldehydes is 1. The Bertz CT molecular complexity index is 547. The standard InChI is InChI=1S/C15H14OS2/c1-11-3-8-15(12(9-11)10-16)18-14-6-4-13(17-2)5-7-14/h3-10H,1-2H3. The molecule has 0 aliphatic heterocycles. The topological polar surface area (TPSA) is 17.1 Å². The van der Waals surface area contributed by atoms with Crippen LogP contribution in [0.3, 0.4) is 0 Å². The number of carbonyl (C=O) groups excluding carboxylic acids is 1. The summed E-state index contributed by atoms with van der Waals surface area (Å²) in [7, 11) is 0. The van der Waals surface area contributed by atoms with Crippen molar-refractivity contribution < 1.29 is 4.79 Å². The molecule has 0 spiro atoms. The summed E-state index contributed by atoms with van der Waals surface area (Å²) in [5, 5.41) is 0. The Kier molecular flexibility index (Phi) is 4.50. The molecule has 0 unspecified atom stereocenters. The lowest BCUT2D eigenvalue weighted by Crippen LogP contribution is -1.86. The van der Waals surface area contributed by atoms with Crippen LogP contribution in [0.1, 0.15) is 15.9 Å². The maximum Gasteiger partial charge on any atom is 0.151 e.